The van der Waals surface area contributed by atoms with Crippen LogP contribution in [0.1, 0.15) is 66.4 Å². The van der Waals surface area contributed by atoms with Gasteiger partial charge in [-0.15, -0.1) is 11.6 Å². The molecule has 0 bridgehead atoms. The Morgan fingerprint density at radius 2 is 1.95 bits per heavy atom. The van der Waals surface area contributed by atoms with Crippen molar-refractivity contribution in [1.29, 1.82) is 0 Å². The Morgan fingerprint density at radius 1 is 1.25 bits per heavy atom. The van der Waals surface area contributed by atoms with E-state index in [0.29, 0.717) is 5.92 Å². The van der Waals surface area contributed by atoms with E-state index >= 15 is 0 Å². The molecule has 1 N–H and O–H groups in total. The molecule has 1 aliphatic heterocycles. The summed E-state index contributed by atoms with van der Waals surface area (Å²) >= 11 is 6.69. The molecular weight excluding hydrogens is 270 g/mol. The number of benzene rings is 1. The highest BCUT2D eigenvalue weighted by atomic mass is 35.5. The van der Waals surface area contributed by atoms with E-state index in [1.54, 1.807) is 0 Å². The van der Waals surface area contributed by atoms with Crippen molar-refractivity contribution in [3.05, 3.63) is 34.9 Å². The molecular formula is C17H24ClNO. The summed E-state index contributed by atoms with van der Waals surface area (Å²) in [5.74, 6) is 0.538. The van der Waals surface area contributed by atoms with Gasteiger partial charge >= 0.3 is 0 Å². The molecule has 0 fully saturated rings. The highest BCUT2D eigenvalue weighted by molar-refractivity contribution is 6.21. The molecule has 1 unspecified atom stereocenters. The van der Waals surface area contributed by atoms with E-state index in [1.807, 2.05) is 6.07 Å². The Morgan fingerprint density at radius 3 is 2.60 bits per heavy atom. The fourth-order valence-corrected chi connectivity index (χ4v) is 3.44. The van der Waals surface area contributed by atoms with E-state index in [4.69, 9.17) is 11.6 Å². The number of nitrogens with one attached hydrogen (secondary N) is 1. The monoisotopic (exact) mass is 293 g/mol. The Hall–Kier alpha value is -1.02. The molecule has 1 heterocycles. The zero-order valence-corrected chi connectivity index (χ0v) is 13.2. The summed E-state index contributed by atoms with van der Waals surface area (Å²) in [4.78, 5) is 11.9. The molecule has 1 aliphatic rings. The van der Waals surface area contributed by atoms with Crippen molar-refractivity contribution in [3.8, 4) is 0 Å². The Bertz CT molecular complexity index is 466. The van der Waals surface area contributed by atoms with Crippen LogP contribution in [-0.2, 0) is 6.42 Å². The smallest absolute Gasteiger partial charge is 0.251 e. The molecule has 0 aliphatic carbocycles. The van der Waals surface area contributed by atoms with Crippen LogP contribution >= 0.6 is 11.6 Å². The van der Waals surface area contributed by atoms with Crippen LogP contribution in [0.25, 0.3) is 0 Å². The largest absolute Gasteiger partial charge is 0.352 e. The number of rotatable bonds is 6. The van der Waals surface area contributed by atoms with Gasteiger partial charge in [0, 0.05) is 12.1 Å². The van der Waals surface area contributed by atoms with Crippen LogP contribution in [-0.4, -0.2) is 12.5 Å². The number of fused-ring (bicyclic) bond motifs is 1. The van der Waals surface area contributed by atoms with Gasteiger partial charge in [-0.25, -0.2) is 0 Å². The van der Waals surface area contributed by atoms with Gasteiger partial charge < -0.3 is 5.32 Å². The molecule has 110 valence electrons. The van der Waals surface area contributed by atoms with Gasteiger partial charge in [0.1, 0.15) is 0 Å². The minimum Gasteiger partial charge on any atom is -0.352 e. The lowest BCUT2D eigenvalue weighted by molar-refractivity contribution is 0.0946. The molecule has 2 rings (SSSR count). The molecule has 0 radical (unpaired) electrons. The highest BCUT2D eigenvalue weighted by Crippen LogP contribution is 2.36. The van der Waals surface area contributed by atoms with Crippen molar-refractivity contribution in [2.45, 2.75) is 51.3 Å². The van der Waals surface area contributed by atoms with E-state index in [1.165, 1.54) is 0 Å². The summed E-state index contributed by atoms with van der Waals surface area (Å²) in [7, 11) is 0. The number of alkyl halides is 1. The first-order valence-corrected chi connectivity index (χ1v) is 8.16. The van der Waals surface area contributed by atoms with Crippen LogP contribution in [0.15, 0.2) is 18.2 Å². The van der Waals surface area contributed by atoms with Crippen LogP contribution in [0.3, 0.4) is 0 Å². The topological polar surface area (TPSA) is 29.1 Å². The van der Waals surface area contributed by atoms with E-state index in [-0.39, 0.29) is 11.3 Å². The van der Waals surface area contributed by atoms with Gasteiger partial charge in [-0.2, -0.15) is 0 Å². The van der Waals surface area contributed by atoms with E-state index in [9.17, 15) is 4.79 Å². The standard InChI is InChI=1S/C17H24ClNO/c1-3-5-13(6-4-2)16(18)14-8-7-12-9-10-19-17(20)15(12)11-14/h7-8,11,13,16H,3-6,9-10H2,1-2H3,(H,19,20). The molecule has 1 atom stereocenters. The van der Waals surface area contributed by atoms with Crippen LogP contribution in [0.4, 0.5) is 0 Å². The summed E-state index contributed by atoms with van der Waals surface area (Å²) in [6, 6.07) is 6.18. The fraction of sp³-hybridized carbons (Fsp3) is 0.588. The predicted molar refractivity (Wildman–Crippen MR) is 84.4 cm³/mol. The van der Waals surface area contributed by atoms with Gasteiger partial charge in [-0.1, -0.05) is 38.8 Å². The zero-order chi connectivity index (χ0) is 14.5. The van der Waals surface area contributed by atoms with Crippen LogP contribution in [0.2, 0.25) is 0 Å². The molecule has 0 aromatic heterocycles. The van der Waals surface area contributed by atoms with E-state index in [2.05, 4.69) is 31.3 Å². The second-order valence-corrected chi connectivity index (χ2v) is 6.13. The summed E-state index contributed by atoms with van der Waals surface area (Å²) < 4.78 is 0. The maximum absolute atomic E-state index is 11.9. The summed E-state index contributed by atoms with van der Waals surface area (Å²) in [5.41, 5.74) is 3.05. The number of hydrogen-bond acceptors (Lipinski definition) is 1. The Kier molecular flexibility index (Phi) is 5.47. The van der Waals surface area contributed by atoms with Gasteiger partial charge in [0.15, 0.2) is 0 Å². The lowest BCUT2D eigenvalue weighted by Crippen LogP contribution is -2.31. The maximum Gasteiger partial charge on any atom is 0.251 e. The molecule has 20 heavy (non-hydrogen) atoms. The summed E-state index contributed by atoms with van der Waals surface area (Å²) in [6.07, 6.45) is 5.51. The third-order valence-electron chi connectivity index (χ3n) is 4.11. The number of carbonyl (C=O) groups is 1. The number of carbonyl (C=O) groups excluding carboxylic acids is 1. The summed E-state index contributed by atoms with van der Waals surface area (Å²) in [5, 5.41) is 2.91. The van der Waals surface area contributed by atoms with Crippen LogP contribution < -0.4 is 5.32 Å². The molecule has 1 aromatic rings. The number of halogens is 1. The zero-order valence-electron chi connectivity index (χ0n) is 12.4. The molecule has 1 amide bonds. The molecule has 0 saturated heterocycles. The quantitative estimate of drug-likeness (QED) is 0.770. The van der Waals surface area contributed by atoms with Crippen molar-refractivity contribution in [1.82, 2.24) is 5.32 Å². The third-order valence-corrected chi connectivity index (χ3v) is 4.72. The number of hydrogen-bond donors (Lipinski definition) is 1. The van der Waals surface area contributed by atoms with Crippen molar-refractivity contribution >= 4 is 17.5 Å². The first kappa shape index (κ1) is 15.4. The SMILES string of the molecule is CCCC(CCC)C(Cl)c1ccc2c(c1)C(=O)NCC2. The van der Waals surface area contributed by atoms with Crippen molar-refractivity contribution in [3.63, 3.8) is 0 Å². The predicted octanol–water partition coefficient (Wildman–Crippen LogP) is 4.47. The van der Waals surface area contributed by atoms with Crippen molar-refractivity contribution < 1.29 is 4.79 Å². The van der Waals surface area contributed by atoms with Crippen LogP contribution in [0.5, 0.6) is 0 Å². The summed E-state index contributed by atoms with van der Waals surface area (Å²) in [6.45, 7) is 5.14. The first-order chi connectivity index (χ1) is 9.67. The molecule has 0 saturated carbocycles. The van der Waals surface area contributed by atoms with Crippen LogP contribution in [0, 0.1) is 5.92 Å². The maximum atomic E-state index is 11.9. The van der Waals surface area contributed by atoms with Gasteiger partial charge in [0.2, 0.25) is 0 Å². The average molecular weight is 294 g/mol. The molecule has 1 aromatic carbocycles. The average Bonchev–Trinajstić information content (AvgIpc) is 2.46. The van der Waals surface area contributed by atoms with E-state index in [0.717, 1.165) is 55.3 Å². The third kappa shape index (κ3) is 3.35. The molecule has 2 nitrogen and oxygen atoms in total. The van der Waals surface area contributed by atoms with Gasteiger partial charge in [-0.3, -0.25) is 4.79 Å². The minimum absolute atomic E-state index is 0.00919. The van der Waals surface area contributed by atoms with Crippen molar-refractivity contribution in [2.75, 3.05) is 6.54 Å². The van der Waals surface area contributed by atoms with Gasteiger partial charge in [0.05, 0.1) is 5.38 Å². The number of amides is 1. The lowest BCUT2D eigenvalue weighted by Gasteiger charge is -2.24. The van der Waals surface area contributed by atoms with E-state index < -0.39 is 0 Å². The lowest BCUT2D eigenvalue weighted by atomic mass is 9.88. The Labute approximate surface area is 126 Å². The fourth-order valence-electron chi connectivity index (χ4n) is 3.05. The second kappa shape index (κ2) is 7.12. The Balaban J connectivity index is 2.23. The van der Waals surface area contributed by atoms with Gasteiger partial charge in [-0.05, 0) is 42.4 Å². The highest BCUT2D eigenvalue weighted by Gasteiger charge is 2.23. The normalized spacial score (nSPS) is 15.9. The molecule has 0 spiro atoms. The minimum atomic E-state index is 0.00919. The first-order valence-electron chi connectivity index (χ1n) is 7.72. The van der Waals surface area contributed by atoms with Gasteiger partial charge in [0.25, 0.3) is 5.91 Å². The van der Waals surface area contributed by atoms with Crippen molar-refractivity contribution in [2.24, 2.45) is 5.92 Å². The second-order valence-electron chi connectivity index (χ2n) is 5.66. The molecule has 3 heteroatoms.